The monoisotopic (exact) mass is 558 g/mol. The summed E-state index contributed by atoms with van der Waals surface area (Å²) in [7, 11) is 1.78. The number of benzene rings is 2. The van der Waals surface area contributed by atoms with E-state index in [1.165, 1.54) is 30.5 Å². The maximum absolute atomic E-state index is 15.0. The number of hydrogen-bond donors (Lipinski definition) is 0. The van der Waals surface area contributed by atoms with Crippen molar-refractivity contribution in [1.29, 1.82) is 0 Å². The van der Waals surface area contributed by atoms with Crippen LogP contribution in [0.4, 0.5) is 8.78 Å². The van der Waals surface area contributed by atoms with Crippen LogP contribution >= 0.6 is 0 Å². The Balaban J connectivity index is 1.41. The van der Waals surface area contributed by atoms with Crippen molar-refractivity contribution < 1.29 is 18.3 Å². The van der Waals surface area contributed by atoms with E-state index in [0.29, 0.717) is 11.4 Å². The van der Waals surface area contributed by atoms with Gasteiger partial charge in [0.2, 0.25) is 0 Å². The molecule has 0 amide bonds. The van der Waals surface area contributed by atoms with Gasteiger partial charge in [0.15, 0.2) is 23.0 Å². The van der Waals surface area contributed by atoms with Crippen molar-refractivity contribution in [2.24, 2.45) is 7.05 Å². The van der Waals surface area contributed by atoms with Crippen molar-refractivity contribution in [2.75, 3.05) is 0 Å². The third-order valence-electron chi connectivity index (χ3n) is 6.16. The van der Waals surface area contributed by atoms with E-state index in [-0.39, 0.29) is 23.4 Å². The summed E-state index contributed by atoms with van der Waals surface area (Å²) in [4.78, 5) is 43.7. The number of ketones is 1. The van der Waals surface area contributed by atoms with Gasteiger partial charge in [-0.05, 0) is 61.9 Å². The quantitative estimate of drug-likeness (QED) is 0.261. The summed E-state index contributed by atoms with van der Waals surface area (Å²) in [5, 5.41) is 8.13. The molecule has 0 bridgehead atoms. The Hall–Kier alpha value is -5.26. The van der Waals surface area contributed by atoms with Crippen LogP contribution in [0.3, 0.4) is 0 Å². The van der Waals surface area contributed by atoms with Crippen LogP contribution in [-0.2, 0) is 13.5 Å². The third-order valence-corrected chi connectivity index (χ3v) is 6.16. The summed E-state index contributed by atoms with van der Waals surface area (Å²) in [5.74, 6) is -1.72. The van der Waals surface area contributed by atoms with Crippen molar-refractivity contribution in [3.63, 3.8) is 0 Å². The summed E-state index contributed by atoms with van der Waals surface area (Å²) in [5.41, 5.74) is -0.509. The van der Waals surface area contributed by atoms with Crippen molar-refractivity contribution in [1.82, 2.24) is 29.1 Å². The van der Waals surface area contributed by atoms with Gasteiger partial charge < -0.3 is 4.74 Å². The fourth-order valence-corrected chi connectivity index (χ4v) is 4.14. The Morgan fingerprint density at radius 1 is 1.02 bits per heavy atom. The second kappa shape index (κ2) is 11.1. The number of aryl methyl sites for hydroxylation is 1. The average molecular weight is 559 g/mol. The first-order valence-electron chi connectivity index (χ1n) is 12.6. The summed E-state index contributed by atoms with van der Waals surface area (Å²) in [6.45, 7) is 3.33. The molecule has 0 unspecified atom stereocenters. The maximum atomic E-state index is 15.0. The predicted molar refractivity (Wildman–Crippen MR) is 145 cm³/mol. The van der Waals surface area contributed by atoms with Gasteiger partial charge in [0.1, 0.15) is 11.6 Å². The van der Waals surface area contributed by atoms with Crippen molar-refractivity contribution in [2.45, 2.75) is 26.3 Å². The van der Waals surface area contributed by atoms with Gasteiger partial charge in [-0.2, -0.15) is 10.2 Å². The molecule has 3 heterocycles. The molecule has 0 aliphatic rings. The topological polar surface area (TPSA) is 114 Å². The van der Waals surface area contributed by atoms with Crippen molar-refractivity contribution >= 4 is 5.78 Å². The van der Waals surface area contributed by atoms with Crippen LogP contribution in [0.2, 0.25) is 0 Å². The molecule has 0 saturated carbocycles. The molecule has 5 aromatic rings. The lowest BCUT2D eigenvalue weighted by atomic mass is 10.1. The minimum atomic E-state index is -0.953. The number of halogens is 2. The molecular weight excluding hydrogens is 534 g/mol. The van der Waals surface area contributed by atoms with Gasteiger partial charge in [-0.15, -0.1) is 0 Å². The highest BCUT2D eigenvalue weighted by atomic mass is 19.1. The zero-order valence-corrected chi connectivity index (χ0v) is 22.3. The lowest BCUT2D eigenvalue weighted by Crippen LogP contribution is -2.44. The molecule has 0 N–H and O–H groups in total. The highest BCUT2D eigenvalue weighted by Gasteiger charge is 2.22. The SMILES string of the molecule is CC(C)n1nc(C(=O)Cc2ccc(Oc3ccnc(-c4cnn(C)c4)c3)c(F)c2)c(=O)n(-c2ccc(F)cc2)c1=O. The lowest BCUT2D eigenvalue weighted by Gasteiger charge is -2.14. The molecule has 0 aliphatic carbocycles. The zero-order valence-electron chi connectivity index (χ0n) is 22.3. The fraction of sp³-hybridized carbons (Fsp3) is 0.172. The fourth-order valence-electron chi connectivity index (χ4n) is 4.14. The minimum absolute atomic E-state index is 0.0744. The maximum Gasteiger partial charge on any atom is 0.352 e. The summed E-state index contributed by atoms with van der Waals surface area (Å²) >= 11 is 0. The number of nitrogens with zero attached hydrogens (tertiary/aromatic N) is 6. The van der Waals surface area contributed by atoms with Gasteiger partial charge in [-0.25, -0.2) is 22.8 Å². The van der Waals surface area contributed by atoms with E-state index in [1.54, 1.807) is 50.1 Å². The second-order valence-corrected chi connectivity index (χ2v) is 9.53. The van der Waals surface area contributed by atoms with Crippen LogP contribution in [-0.4, -0.2) is 34.9 Å². The standard InChI is InChI=1S/C29H24F2N6O4/c1-17(2)37-29(40)36(21-7-5-20(30)6-8-21)28(39)27(34-37)25(38)13-18-4-9-26(23(31)12-18)41-22-10-11-32-24(14-22)19-15-33-35(3)16-19/h4-12,14-17H,13H2,1-3H3. The molecule has 0 radical (unpaired) electrons. The molecule has 0 atom stereocenters. The van der Waals surface area contributed by atoms with Crippen LogP contribution < -0.4 is 16.0 Å². The molecule has 208 valence electrons. The largest absolute Gasteiger partial charge is 0.454 e. The molecule has 10 nitrogen and oxygen atoms in total. The van der Waals surface area contributed by atoms with Crippen LogP contribution in [0.1, 0.15) is 35.9 Å². The number of pyridine rings is 1. The van der Waals surface area contributed by atoms with E-state index in [0.717, 1.165) is 33.0 Å². The van der Waals surface area contributed by atoms with Gasteiger partial charge in [0, 0.05) is 37.5 Å². The zero-order chi connectivity index (χ0) is 29.3. The molecule has 0 aliphatic heterocycles. The Morgan fingerprint density at radius 3 is 2.44 bits per heavy atom. The highest BCUT2D eigenvalue weighted by Crippen LogP contribution is 2.28. The number of ether oxygens (including phenoxy) is 1. The number of aromatic nitrogens is 6. The van der Waals surface area contributed by atoms with E-state index in [4.69, 9.17) is 4.74 Å². The Bertz CT molecular complexity index is 1880. The molecule has 5 rings (SSSR count). The van der Waals surface area contributed by atoms with Gasteiger partial charge in [0.05, 0.1) is 23.6 Å². The van der Waals surface area contributed by atoms with Crippen molar-refractivity contribution in [3.8, 4) is 28.4 Å². The first kappa shape index (κ1) is 27.3. The van der Waals surface area contributed by atoms with Gasteiger partial charge in [0.25, 0.3) is 5.56 Å². The Kier molecular flexibility index (Phi) is 7.38. The smallest absolute Gasteiger partial charge is 0.352 e. The number of rotatable bonds is 8. The van der Waals surface area contributed by atoms with E-state index in [9.17, 15) is 18.8 Å². The third kappa shape index (κ3) is 5.71. The van der Waals surface area contributed by atoms with Gasteiger partial charge in [-0.3, -0.25) is 19.3 Å². The number of Topliss-reactive ketones (excluding diaryl/α,β-unsaturated/α-hetero) is 1. The number of carbonyl (C=O) groups is 1. The van der Waals surface area contributed by atoms with Crippen LogP contribution in [0.25, 0.3) is 16.9 Å². The summed E-state index contributed by atoms with van der Waals surface area (Å²) in [6, 6.07) is 11.5. The first-order chi connectivity index (χ1) is 19.6. The minimum Gasteiger partial charge on any atom is -0.454 e. The summed E-state index contributed by atoms with van der Waals surface area (Å²) < 4.78 is 37.6. The van der Waals surface area contributed by atoms with Crippen molar-refractivity contribution in [3.05, 3.63) is 117 Å². The predicted octanol–water partition coefficient (Wildman–Crippen LogP) is 4.27. The molecule has 0 saturated heterocycles. The number of hydrogen-bond acceptors (Lipinski definition) is 7. The molecule has 2 aromatic carbocycles. The van der Waals surface area contributed by atoms with Gasteiger partial charge >= 0.3 is 5.69 Å². The van der Waals surface area contributed by atoms with E-state index in [2.05, 4.69) is 15.2 Å². The van der Waals surface area contributed by atoms with Gasteiger partial charge in [-0.1, -0.05) is 6.07 Å². The first-order valence-corrected chi connectivity index (χ1v) is 12.6. The van der Waals surface area contributed by atoms with E-state index < -0.39 is 40.4 Å². The molecular formula is C29H24F2N6O4. The van der Waals surface area contributed by atoms with Crippen LogP contribution in [0, 0.1) is 11.6 Å². The second-order valence-electron chi connectivity index (χ2n) is 9.53. The Labute approximate surface area is 232 Å². The normalized spacial score (nSPS) is 11.2. The molecule has 12 heteroatoms. The number of carbonyl (C=O) groups excluding carboxylic acids is 1. The highest BCUT2D eigenvalue weighted by molar-refractivity contribution is 5.95. The Morgan fingerprint density at radius 2 is 1.78 bits per heavy atom. The molecule has 0 fully saturated rings. The molecule has 0 spiro atoms. The van der Waals surface area contributed by atoms with E-state index >= 15 is 4.39 Å². The summed E-state index contributed by atoms with van der Waals surface area (Å²) in [6.07, 6.45) is 4.61. The van der Waals surface area contributed by atoms with Crippen LogP contribution in [0.15, 0.2) is 82.8 Å². The average Bonchev–Trinajstić information content (AvgIpc) is 3.37. The van der Waals surface area contributed by atoms with E-state index in [1.807, 2.05) is 0 Å². The molecule has 3 aromatic heterocycles. The van der Waals surface area contributed by atoms with Crippen LogP contribution in [0.5, 0.6) is 11.5 Å². The molecule has 41 heavy (non-hydrogen) atoms. The lowest BCUT2D eigenvalue weighted by molar-refractivity contribution is 0.0982.